The van der Waals surface area contributed by atoms with E-state index in [9.17, 15) is 4.79 Å². The molecule has 4 aliphatic carbocycles. The zero-order valence-electron chi connectivity index (χ0n) is 20.5. The van der Waals surface area contributed by atoms with Gasteiger partial charge in [0.15, 0.2) is 0 Å². The Bertz CT molecular complexity index is 714. The van der Waals surface area contributed by atoms with Crippen LogP contribution in [0.5, 0.6) is 0 Å². The first-order valence-corrected chi connectivity index (χ1v) is 13.1. The molecule has 0 radical (unpaired) electrons. The number of hydrogen-bond donors (Lipinski definition) is 0. The lowest BCUT2D eigenvalue weighted by molar-refractivity contribution is -0.127. The van der Waals surface area contributed by atoms with E-state index in [1.165, 1.54) is 32.1 Å². The molecule has 0 aromatic heterocycles. The number of carbonyl (C=O) groups is 1. The fraction of sp³-hybridized carbons (Fsp3) is 0.828. The van der Waals surface area contributed by atoms with Crippen molar-refractivity contribution in [1.29, 1.82) is 0 Å². The van der Waals surface area contributed by atoms with Gasteiger partial charge in [0.25, 0.3) is 0 Å². The highest BCUT2D eigenvalue weighted by Crippen LogP contribution is 2.66. The highest BCUT2D eigenvalue weighted by Gasteiger charge is 2.58. The van der Waals surface area contributed by atoms with E-state index in [1.54, 1.807) is 0 Å². The molecule has 6 unspecified atom stereocenters. The van der Waals surface area contributed by atoms with Crippen LogP contribution in [0.3, 0.4) is 0 Å². The van der Waals surface area contributed by atoms with Crippen molar-refractivity contribution in [1.82, 2.24) is 0 Å². The van der Waals surface area contributed by atoms with Gasteiger partial charge in [-0.15, -0.1) is 0 Å². The number of carbonyl (C=O) groups excluding carboxylic acids is 1. The highest BCUT2D eigenvalue weighted by atomic mass is 16.1. The van der Waals surface area contributed by atoms with Crippen molar-refractivity contribution < 1.29 is 4.79 Å². The molecule has 168 valence electrons. The third-order valence-electron chi connectivity index (χ3n) is 10.6. The second kappa shape index (κ2) is 8.25. The Morgan fingerprint density at radius 2 is 1.77 bits per heavy atom. The molecule has 0 spiro atoms. The number of rotatable bonds is 5. The smallest absolute Gasteiger partial charge is 0.133 e. The SMILES string of the molecule is CCC(/C=C/C(C)C1CCC2C3=CCC4CC(=O)CC[C@]4(C)C3CC[C@@]21C)C(C)C. The fourth-order valence-corrected chi connectivity index (χ4v) is 8.49. The normalized spacial score (nSPS) is 43.2. The van der Waals surface area contributed by atoms with Crippen LogP contribution in [0.4, 0.5) is 0 Å². The molecule has 0 bridgehead atoms. The van der Waals surface area contributed by atoms with Crippen LogP contribution in [0.15, 0.2) is 23.8 Å². The molecule has 1 nitrogen and oxygen atoms in total. The van der Waals surface area contributed by atoms with Gasteiger partial charge in [-0.25, -0.2) is 0 Å². The molecular formula is C29H46O. The first-order chi connectivity index (χ1) is 14.2. The van der Waals surface area contributed by atoms with Gasteiger partial charge >= 0.3 is 0 Å². The summed E-state index contributed by atoms with van der Waals surface area (Å²) in [6.45, 7) is 14.7. The van der Waals surface area contributed by atoms with Crippen molar-refractivity contribution in [2.24, 2.45) is 52.3 Å². The number of ketones is 1. The van der Waals surface area contributed by atoms with Crippen molar-refractivity contribution in [3.05, 3.63) is 23.8 Å². The molecule has 0 aromatic carbocycles. The van der Waals surface area contributed by atoms with E-state index in [0.717, 1.165) is 55.3 Å². The van der Waals surface area contributed by atoms with Crippen LogP contribution < -0.4 is 0 Å². The van der Waals surface area contributed by atoms with Crippen molar-refractivity contribution in [3.8, 4) is 0 Å². The Morgan fingerprint density at radius 3 is 2.47 bits per heavy atom. The predicted octanol–water partition coefficient (Wildman–Crippen LogP) is 8.01. The maximum atomic E-state index is 12.1. The summed E-state index contributed by atoms with van der Waals surface area (Å²) >= 11 is 0. The summed E-state index contributed by atoms with van der Waals surface area (Å²) in [6, 6.07) is 0. The first-order valence-electron chi connectivity index (χ1n) is 13.1. The van der Waals surface area contributed by atoms with Crippen LogP contribution in [0.2, 0.25) is 0 Å². The molecule has 0 N–H and O–H groups in total. The summed E-state index contributed by atoms with van der Waals surface area (Å²) < 4.78 is 0. The van der Waals surface area contributed by atoms with Crippen molar-refractivity contribution in [3.63, 3.8) is 0 Å². The van der Waals surface area contributed by atoms with Gasteiger partial charge in [-0.1, -0.05) is 65.3 Å². The second-order valence-corrected chi connectivity index (χ2v) is 12.3. The minimum absolute atomic E-state index is 0.383. The van der Waals surface area contributed by atoms with Crippen LogP contribution in [0.1, 0.15) is 99.3 Å². The summed E-state index contributed by atoms with van der Waals surface area (Å²) in [5.74, 6) is 5.63. The van der Waals surface area contributed by atoms with E-state index in [0.29, 0.717) is 28.4 Å². The largest absolute Gasteiger partial charge is 0.300 e. The monoisotopic (exact) mass is 410 g/mol. The van der Waals surface area contributed by atoms with Crippen LogP contribution in [0.25, 0.3) is 0 Å². The van der Waals surface area contributed by atoms with E-state index < -0.39 is 0 Å². The van der Waals surface area contributed by atoms with Gasteiger partial charge in [-0.05, 0) is 97.2 Å². The van der Waals surface area contributed by atoms with Gasteiger partial charge in [0.2, 0.25) is 0 Å². The molecule has 30 heavy (non-hydrogen) atoms. The average molecular weight is 411 g/mol. The van der Waals surface area contributed by atoms with Gasteiger partial charge in [0.05, 0.1) is 0 Å². The maximum Gasteiger partial charge on any atom is 0.133 e. The number of fused-ring (bicyclic) bond motifs is 5. The molecule has 0 aliphatic heterocycles. The molecule has 4 rings (SSSR count). The molecule has 0 aromatic rings. The summed E-state index contributed by atoms with van der Waals surface area (Å²) in [7, 11) is 0. The first kappa shape index (κ1) is 22.3. The van der Waals surface area contributed by atoms with E-state index in [4.69, 9.17) is 0 Å². The average Bonchev–Trinajstić information content (AvgIpc) is 3.06. The lowest BCUT2D eigenvalue weighted by atomic mass is 9.48. The Kier molecular flexibility index (Phi) is 6.15. The molecule has 3 fully saturated rings. The Balaban J connectivity index is 1.54. The van der Waals surface area contributed by atoms with Crippen LogP contribution >= 0.6 is 0 Å². The van der Waals surface area contributed by atoms with Gasteiger partial charge in [-0.2, -0.15) is 0 Å². The zero-order valence-corrected chi connectivity index (χ0v) is 20.5. The topological polar surface area (TPSA) is 17.1 Å². The molecular weight excluding hydrogens is 364 g/mol. The van der Waals surface area contributed by atoms with Crippen molar-refractivity contribution >= 4 is 5.78 Å². The number of hydrogen-bond acceptors (Lipinski definition) is 1. The molecule has 0 heterocycles. The summed E-state index contributed by atoms with van der Waals surface area (Å²) in [4.78, 5) is 12.1. The quantitative estimate of drug-likeness (QED) is 0.419. The maximum absolute atomic E-state index is 12.1. The second-order valence-electron chi connectivity index (χ2n) is 12.3. The van der Waals surface area contributed by atoms with Crippen LogP contribution in [0, 0.1) is 52.3 Å². The van der Waals surface area contributed by atoms with E-state index in [-0.39, 0.29) is 0 Å². The molecule has 0 amide bonds. The van der Waals surface area contributed by atoms with E-state index in [2.05, 4.69) is 59.8 Å². The predicted molar refractivity (Wildman–Crippen MR) is 127 cm³/mol. The van der Waals surface area contributed by atoms with Crippen molar-refractivity contribution in [2.45, 2.75) is 99.3 Å². The Morgan fingerprint density at radius 1 is 1.03 bits per heavy atom. The summed E-state index contributed by atoms with van der Waals surface area (Å²) in [5.41, 5.74) is 2.68. The molecule has 3 saturated carbocycles. The lowest BCUT2D eigenvalue weighted by Crippen LogP contribution is -2.49. The van der Waals surface area contributed by atoms with E-state index >= 15 is 0 Å². The zero-order chi connectivity index (χ0) is 21.7. The van der Waals surface area contributed by atoms with Gasteiger partial charge < -0.3 is 0 Å². The molecule has 4 aliphatic rings. The Labute approximate surface area is 186 Å². The summed E-state index contributed by atoms with van der Waals surface area (Å²) in [5, 5.41) is 0. The summed E-state index contributed by atoms with van der Waals surface area (Å²) in [6.07, 6.45) is 18.5. The van der Waals surface area contributed by atoms with Gasteiger partial charge in [0, 0.05) is 12.8 Å². The third-order valence-corrected chi connectivity index (χ3v) is 10.6. The molecule has 0 saturated heterocycles. The van der Waals surface area contributed by atoms with Gasteiger partial charge in [0.1, 0.15) is 5.78 Å². The van der Waals surface area contributed by atoms with Gasteiger partial charge in [-0.3, -0.25) is 4.79 Å². The minimum atomic E-state index is 0.383. The standard InChI is InChI=1S/C29H46O/c1-7-21(19(2)3)9-8-20(4)25-12-13-26-24-11-10-22-18-23(30)14-16-28(22,5)27(24)15-17-29(25,26)6/h8-9,11,19-22,25-27H,7,10,12-18H2,1-6H3/b9-8+/t20?,21?,22?,25?,26?,27?,28-,29+/m0/s1. The Hall–Kier alpha value is -0.850. The third kappa shape index (κ3) is 3.57. The highest BCUT2D eigenvalue weighted by molar-refractivity contribution is 5.79. The minimum Gasteiger partial charge on any atom is -0.300 e. The van der Waals surface area contributed by atoms with Crippen LogP contribution in [-0.4, -0.2) is 5.78 Å². The van der Waals surface area contributed by atoms with Crippen LogP contribution in [-0.2, 0) is 4.79 Å². The van der Waals surface area contributed by atoms with E-state index in [1.807, 2.05) is 5.57 Å². The number of allylic oxidation sites excluding steroid dienone is 4. The molecule has 1 heteroatoms. The molecule has 8 atom stereocenters. The number of Topliss-reactive ketones (excluding diaryl/α,β-unsaturated/α-hetero) is 1. The van der Waals surface area contributed by atoms with Crippen molar-refractivity contribution in [2.75, 3.05) is 0 Å². The lowest BCUT2D eigenvalue weighted by Gasteiger charge is -2.57. The fourth-order valence-electron chi connectivity index (χ4n) is 8.49.